The first-order valence-corrected chi connectivity index (χ1v) is 6.25. The van der Waals surface area contributed by atoms with Crippen LogP contribution in [0, 0.1) is 5.92 Å². The van der Waals surface area contributed by atoms with Crippen LogP contribution in [0.3, 0.4) is 0 Å². The average Bonchev–Trinajstić information content (AvgIpc) is 2.26. The molecule has 18 heavy (non-hydrogen) atoms. The summed E-state index contributed by atoms with van der Waals surface area (Å²) in [4.78, 5) is 15.6. The summed E-state index contributed by atoms with van der Waals surface area (Å²) in [5.74, 6) is 1.13. The molecule has 2 amide bonds. The van der Waals surface area contributed by atoms with Gasteiger partial charge in [-0.1, -0.05) is 13.8 Å². The number of pyridine rings is 1. The Hall–Kier alpha value is -1.78. The Balaban J connectivity index is 2.47. The quantitative estimate of drug-likeness (QED) is 0.752. The number of hydrogen-bond acceptors (Lipinski definition) is 3. The summed E-state index contributed by atoms with van der Waals surface area (Å²) in [6.45, 7) is 9.01. The molecule has 5 heteroatoms. The van der Waals surface area contributed by atoms with Gasteiger partial charge in [-0.15, -0.1) is 0 Å². The zero-order valence-electron chi connectivity index (χ0n) is 11.4. The zero-order valence-corrected chi connectivity index (χ0v) is 11.4. The lowest BCUT2D eigenvalue weighted by Crippen LogP contribution is -2.34. The van der Waals surface area contributed by atoms with E-state index in [9.17, 15) is 4.79 Å². The van der Waals surface area contributed by atoms with Gasteiger partial charge in [0.15, 0.2) is 0 Å². The highest BCUT2D eigenvalue weighted by Crippen LogP contribution is 2.10. The predicted octanol–water partition coefficient (Wildman–Crippen LogP) is 2.68. The second-order valence-corrected chi connectivity index (χ2v) is 4.96. The summed E-state index contributed by atoms with van der Waals surface area (Å²) in [5, 5.41) is 8.68. The van der Waals surface area contributed by atoms with Gasteiger partial charge in [0.25, 0.3) is 0 Å². The van der Waals surface area contributed by atoms with Gasteiger partial charge in [0.2, 0.25) is 0 Å². The number of hydrogen-bond donors (Lipinski definition) is 3. The van der Waals surface area contributed by atoms with Crippen molar-refractivity contribution in [1.29, 1.82) is 0 Å². The first-order valence-electron chi connectivity index (χ1n) is 6.25. The van der Waals surface area contributed by atoms with Gasteiger partial charge in [0.1, 0.15) is 5.82 Å². The second kappa shape index (κ2) is 6.83. The highest BCUT2D eigenvalue weighted by molar-refractivity contribution is 5.88. The minimum Gasteiger partial charge on any atom is -0.384 e. The van der Waals surface area contributed by atoms with Crippen LogP contribution >= 0.6 is 0 Å². The summed E-state index contributed by atoms with van der Waals surface area (Å²) in [6.07, 6.45) is 1.72. The van der Waals surface area contributed by atoms with Gasteiger partial charge in [-0.2, -0.15) is 0 Å². The number of urea groups is 1. The fourth-order valence-electron chi connectivity index (χ4n) is 1.31. The fourth-order valence-corrected chi connectivity index (χ4v) is 1.31. The number of carbonyl (C=O) groups excluding carboxylic acids is 1. The van der Waals surface area contributed by atoms with Crippen molar-refractivity contribution in [2.24, 2.45) is 5.92 Å². The van der Waals surface area contributed by atoms with Crippen molar-refractivity contribution < 1.29 is 4.79 Å². The summed E-state index contributed by atoms with van der Waals surface area (Å²) in [7, 11) is 0. The maximum absolute atomic E-state index is 11.4. The molecule has 0 atom stereocenters. The number of rotatable bonds is 5. The number of nitrogens with one attached hydrogen (secondary N) is 3. The molecule has 5 nitrogen and oxygen atoms in total. The molecule has 0 saturated carbocycles. The molecule has 0 spiro atoms. The number of aromatic nitrogens is 1. The second-order valence-electron chi connectivity index (χ2n) is 4.96. The van der Waals surface area contributed by atoms with Gasteiger partial charge in [0, 0.05) is 12.6 Å². The summed E-state index contributed by atoms with van der Waals surface area (Å²) in [6, 6.07) is 3.56. The topological polar surface area (TPSA) is 66.0 Å². The number of amides is 2. The van der Waals surface area contributed by atoms with Crippen molar-refractivity contribution in [3.63, 3.8) is 0 Å². The van der Waals surface area contributed by atoms with Crippen LogP contribution in [0.15, 0.2) is 18.3 Å². The smallest absolute Gasteiger partial charge is 0.320 e. The maximum atomic E-state index is 11.4. The number of nitrogens with zero attached hydrogens (tertiary/aromatic N) is 1. The van der Waals surface area contributed by atoms with Gasteiger partial charge in [0.05, 0.1) is 11.9 Å². The minimum atomic E-state index is -0.236. The molecule has 3 N–H and O–H groups in total. The highest BCUT2D eigenvalue weighted by Gasteiger charge is 2.04. The van der Waals surface area contributed by atoms with E-state index in [1.807, 2.05) is 19.9 Å². The van der Waals surface area contributed by atoms with Crippen molar-refractivity contribution in [2.45, 2.75) is 33.7 Å². The van der Waals surface area contributed by atoms with Crippen LogP contribution in [-0.2, 0) is 0 Å². The van der Waals surface area contributed by atoms with Crippen LogP contribution < -0.4 is 16.0 Å². The standard InChI is InChI=1S/C13H22N4O/c1-9(2)7-14-11-5-6-12(15-8-11)17-13(18)16-10(3)4/h5-6,8-10,14H,7H2,1-4H3,(H2,15,16,17,18). The monoisotopic (exact) mass is 250 g/mol. The molecule has 100 valence electrons. The third kappa shape index (κ3) is 5.52. The first-order chi connectivity index (χ1) is 8.47. The van der Waals surface area contributed by atoms with E-state index in [2.05, 4.69) is 34.8 Å². The molecule has 1 aromatic rings. The summed E-state index contributed by atoms with van der Waals surface area (Å²) in [5.41, 5.74) is 0.957. The van der Waals surface area contributed by atoms with Gasteiger partial charge in [-0.05, 0) is 31.9 Å². The van der Waals surface area contributed by atoms with E-state index in [4.69, 9.17) is 0 Å². The Bertz CT molecular complexity index is 373. The van der Waals surface area contributed by atoms with E-state index in [-0.39, 0.29) is 12.1 Å². The number of anilines is 2. The molecular formula is C13H22N4O. The molecule has 0 bridgehead atoms. The van der Waals surface area contributed by atoms with Crippen molar-refractivity contribution >= 4 is 17.5 Å². The van der Waals surface area contributed by atoms with Gasteiger partial charge in [-0.25, -0.2) is 9.78 Å². The Kier molecular flexibility index (Phi) is 5.42. The Morgan fingerprint density at radius 2 is 2.00 bits per heavy atom. The molecule has 0 saturated heterocycles. The predicted molar refractivity (Wildman–Crippen MR) is 74.9 cm³/mol. The lowest BCUT2D eigenvalue weighted by molar-refractivity contribution is 0.250. The molecule has 0 aliphatic carbocycles. The van der Waals surface area contributed by atoms with Crippen LogP contribution in [0.4, 0.5) is 16.3 Å². The van der Waals surface area contributed by atoms with E-state index in [0.29, 0.717) is 11.7 Å². The molecule has 0 fully saturated rings. The lowest BCUT2D eigenvalue weighted by Gasteiger charge is -2.11. The largest absolute Gasteiger partial charge is 0.384 e. The van der Waals surface area contributed by atoms with E-state index in [1.165, 1.54) is 0 Å². The molecule has 1 heterocycles. The van der Waals surface area contributed by atoms with E-state index in [0.717, 1.165) is 12.2 Å². The Morgan fingerprint density at radius 1 is 1.28 bits per heavy atom. The Morgan fingerprint density at radius 3 is 2.50 bits per heavy atom. The fraction of sp³-hybridized carbons (Fsp3) is 0.538. The number of carbonyl (C=O) groups is 1. The van der Waals surface area contributed by atoms with Crippen molar-refractivity contribution in [3.8, 4) is 0 Å². The Labute approximate surface area is 108 Å². The molecule has 0 aliphatic heterocycles. The van der Waals surface area contributed by atoms with E-state index in [1.54, 1.807) is 12.3 Å². The van der Waals surface area contributed by atoms with Crippen LogP contribution in [0.2, 0.25) is 0 Å². The van der Waals surface area contributed by atoms with Crippen molar-refractivity contribution in [3.05, 3.63) is 18.3 Å². The van der Waals surface area contributed by atoms with Gasteiger partial charge in [-0.3, -0.25) is 5.32 Å². The molecule has 0 aliphatic rings. The minimum absolute atomic E-state index is 0.108. The van der Waals surface area contributed by atoms with Crippen LogP contribution in [0.5, 0.6) is 0 Å². The van der Waals surface area contributed by atoms with Crippen LogP contribution in [0.25, 0.3) is 0 Å². The van der Waals surface area contributed by atoms with E-state index >= 15 is 0 Å². The third-order valence-corrected chi connectivity index (χ3v) is 2.14. The third-order valence-electron chi connectivity index (χ3n) is 2.14. The lowest BCUT2D eigenvalue weighted by atomic mass is 10.2. The van der Waals surface area contributed by atoms with Crippen molar-refractivity contribution in [1.82, 2.24) is 10.3 Å². The van der Waals surface area contributed by atoms with Crippen molar-refractivity contribution in [2.75, 3.05) is 17.2 Å². The van der Waals surface area contributed by atoms with E-state index < -0.39 is 0 Å². The molecule has 1 rings (SSSR count). The maximum Gasteiger partial charge on any atom is 0.320 e. The first kappa shape index (κ1) is 14.3. The normalized spacial score (nSPS) is 10.6. The summed E-state index contributed by atoms with van der Waals surface area (Å²) >= 11 is 0. The SMILES string of the molecule is CC(C)CNc1ccc(NC(=O)NC(C)C)nc1. The van der Waals surface area contributed by atoms with Gasteiger partial charge < -0.3 is 10.6 Å². The summed E-state index contributed by atoms with van der Waals surface area (Å²) < 4.78 is 0. The molecule has 0 aromatic carbocycles. The van der Waals surface area contributed by atoms with Crippen LogP contribution in [-0.4, -0.2) is 23.6 Å². The van der Waals surface area contributed by atoms with Gasteiger partial charge >= 0.3 is 6.03 Å². The average molecular weight is 250 g/mol. The zero-order chi connectivity index (χ0) is 13.5. The molecule has 0 radical (unpaired) electrons. The van der Waals surface area contributed by atoms with Crippen LogP contribution in [0.1, 0.15) is 27.7 Å². The molecular weight excluding hydrogens is 228 g/mol. The molecule has 0 unspecified atom stereocenters. The molecule has 1 aromatic heterocycles. The highest BCUT2D eigenvalue weighted by atomic mass is 16.2.